The van der Waals surface area contributed by atoms with Gasteiger partial charge in [0.2, 0.25) is 11.1 Å². The summed E-state index contributed by atoms with van der Waals surface area (Å²) in [6, 6.07) is 10.4. The summed E-state index contributed by atoms with van der Waals surface area (Å²) in [5, 5.41) is 1.24. The van der Waals surface area contributed by atoms with Gasteiger partial charge in [0.25, 0.3) is 0 Å². The zero-order valence-corrected chi connectivity index (χ0v) is 19.4. The predicted molar refractivity (Wildman–Crippen MR) is 128 cm³/mol. The van der Waals surface area contributed by atoms with Crippen LogP contribution in [0.5, 0.6) is 0 Å². The SMILES string of the molecule is CS(=O)c1ncc(-c2cc(F)ccc2N2CCN(C(=O)Cn3ccc4cccnc43)CC2)cn1. The number of amides is 1. The van der Waals surface area contributed by atoms with Crippen molar-refractivity contribution in [2.75, 3.05) is 37.3 Å². The second kappa shape index (κ2) is 9.30. The Hall–Kier alpha value is -3.66. The van der Waals surface area contributed by atoms with Gasteiger partial charge in [-0.1, -0.05) is 0 Å². The van der Waals surface area contributed by atoms with Crippen LogP contribution in [0.2, 0.25) is 0 Å². The molecule has 1 aliphatic rings. The number of hydrogen-bond donors (Lipinski definition) is 0. The summed E-state index contributed by atoms with van der Waals surface area (Å²) in [5.41, 5.74) is 2.96. The molecule has 174 valence electrons. The molecular formula is C24H23FN6O2S. The predicted octanol–water partition coefficient (Wildman–Crippen LogP) is 2.72. The van der Waals surface area contributed by atoms with Crippen molar-refractivity contribution in [3.05, 3.63) is 67.0 Å². The quantitative estimate of drug-likeness (QED) is 0.410. The van der Waals surface area contributed by atoms with Gasteiger partial charge >= 0.3 is 0 Å². The molecule has 0 saturated carbocycles. The summed E-state index contributed by atoms with van der Waals surface area (Å²) in [6.07, 6.45) is 8.26. The minimum atomic E-state index is -1.29. The molecule has 1 unspecified atom stereocenters. The number of carbonyl (C=O) groups is 1. The van der Waals surface area contributed by atoms with Gasteiger partial charge in [-0.2, -0.15) is 0 Å². The van der Waals surface area contributed by atoms with E-state index >= 15 is 0 Å². The first-order chi connectivity index (χ1) is 16.5. The van der Waals surface area contributed by atoms with Crippen molar-refractivity contribution in [3.8, 4) is 11.1 Å². The van der Waals surface area contributed by atoms with Crippen molar-refractivity contribution in [1.82, 2.24) is 24.4 Å². The molecule has 1 amide bonds. The highest BCUT2D eigenvalue weighted by Gasteiger charge is 2.24. The monoisotopic (exact) mass is 478 g/mol. The van der Waals surface area contributed by atoms with Gasteiger partial charge in [-0.25, -0.2) is 19.3 Å². The van der Waals surface area contributed by atoms with E-state index in [1.165, 1.54) is 18.4 Å². The molecule has 0 radical (unpaired) electrons. The van der Waals surface area contributed by atoms with E-state index in [1.807, 2.05) is 33.9 Å². The molecule has 4 aromatic rings. The van der Waals surface area contributed by atoms with Gasteiger partial charge < -0.3 is 14.4 Å². The summed E-state index contributed by atoms with van der Waals surface area (Å²) in [5.74, 6) is -0.318. The molecule has 1 fully saturated rings. The van der Waals surface area contributed by atoms with Gasteiger partial charge in [-0.15, -0.1) is 0 Å². The van der Waals surface area contributed by atoms with E-state index in [2.05, 4.69) is 19.9 Å². The molecule has 4 heterocycles. The average Bonchev–Trinajstić information content (AvgIpc) is 3.27. The fourth-order valence-electron chi connectivity index (χ4n) is 4.21. The van der Waals surface area contributed by atoms with Crippen LogP contribution in [0, 0.1) is 5.82 Å². The second-order valence-electron chi connectivity index (χ2n) is 8.10. The number of nitrogens with zero attached hydrogens (tertiary/aromatic N) is 6. The lowest BCUT2D eigenvalue weighted by molar-refractivity contribution is -0.132. The molecule has 0 bridgehead atoms. The van der Waals surface area contributed by atoms with Gasteiger partial charge in [-0.3, -0.25) is 9.00 Å². The van der Waals surface area contributed by atoms with E-state index in [-0.39, 0.29) is 23.4 Å². The molecule has 0 N–H and O–H groups in total. The number of aromatic nitrogens is 4. The molecule has 8 nitrogen and oxygen atoms in total. The highest BCUT2D eigenvalue weighted by atomic mass is 32.2. The van der Waals surface area contributed by atoms with Crippen molar-refractivity contribution >= 4 is 33.4 Å². The number of rotatable bonds is 5. The van der Waals surface area contributed by atoms with Crippen LogP contribution in [-0.4, -0.2) is 67.0 Å². The molecule has 1 aromatic carbocycles. The summed E-state index contributed by atoms with van der Waals surface area (Å²) in [6.45, 7) is 2.60. The lowest BCUT2D eigenvalue weighted by Crippen LogP contribution is -2.49. The number of fused-ring (bicyclic) bond motifs is 1. The van der Waals surface area contributed by atoms with Crippen LogP contribution in [0.4, 0.5) is 10.1 Å². The Morgan fingerprint density at radius 2 is 1.82 bits per heavy atom. The van der Waals surface area contributed by atoms with Crippen LogP contribution in [0.3, 0.4) is 0 Å². The van der Waals surface area contributed by atoms with Gasteiger partial charge in [0.05, 0.1) is 10.8 Å². The van der Waals surface area contributed by atoms with E-state index in [0.29, 0.717) is 37.3 Å². The molecule has 10 heteroatoms. The van der Waals surface area contributed by atoms with Gasteiger partial charge in [0, 0.05) is 79.4 Å². The fraction of sp³-hybridized carbons (Fsp3) is 0.250. The van der Waals surface area contributed by atoms with E-state index in [1.54, 1.807) is 24.7 Å². The number of piperazine rings is 1. The number of pyridine rings is 1. The highest BCUT2D eigenvalue weighted by Crippen LogP contribution is 2.32. The van der Waals surface area contributed by atoms with E-state index in [4.69, 9.17) is 0 Å². The van der Waals surface area contributed by atoms with Crippen LogP contribution in [-0.2, 0) is 22.1 Å². The van der Waals surface area contributed by atoms with Crippen molar-refractivity contribution < 1.29 is 13.4 Å². The van der Waals surface area contributed by atoms with Crippen LogP contribution >= 0.6 is 0 Å². The Balaban J connectivity index is 1.30. The highest BCUT2D eigenvalue weighted by molar-refractivity contribution is 7.84. The van der Waals surface area contributed by atoms with Crippen LogP contribution in [0.15, 0.2) is 66.3 Å². The average molecular weight is 479 g/mol. The summed E-state index contributed by atoms with van der Waals surface area (Å²) >= 11 is 0. The maximum Gasteiger partial charge on any atom is 0.242 e. The van der Waals surface area contributed by atoms with E-state index in [0.717, 1.165) is 16.7 Å². The zero-order valence-electron chi connectivity index (χ0n) is 18.6. The zero-order chi connectivity index (χ0) is 23.7. The first-order valence-electron chi connectivity index (χ1n) is 10.9. The van der Waals surface area contributed by atoms with E-state index < -0.39 is 10.8 Å². The third-order valence-electron chi connectivity index (χ3n) is 5.96. The smallest absolute Gasteiger partial charge is 0.242 e. The van der Waals surface area contributed by atoms with Crippen molar-refractivity contribution in [3.63, 3.8) is 0 Å². The minimum absolute atomic E-state index is 0.0405. The third kappa shape index (κ3) is 4.41. The molecule has 5 rings (SSSR count). The first-order valence-corrected chi connectivity index (χ1v) is 12.4. The van der Waals surface area contributed by atoms with Crippen LogP contribution in [0.1, 0.15) is 0 Å². The molecule has 34 heavy (non-hydrogen) atoms. The van der Waals surface area contributed by atoms with Crippen LogP contribution in [0.25, 0.3) is 22.2 Å². The second-order valence-corrected chi connectivity index (χ2v) is 9.37. The molecular weight excluding hydrogens is 455 g/mol. The van der Waals surface area contributed by atoms with Crippen molar-refractivity contribution in [2.45, 2.75) is 11.7 Å². The van der Waals surface area contributed by atoms with Gasteiger partial charge in [0.15, 0.2) is 0 Å². The molecule has 3 aromatic heterocycles. The Morgan fingerprint density at radius 1 is 1.06 bits per heavy atom. The van der Waals surface area contributed by atoms with Crippen LogP contribution < -0.4 is 4.90 Å². The minimum Gasteiger partial charge on any atom is -0.367 e. The lowest BCUT2D eigenvalue weighted by atomic mass is 10.0. The molecule has 1 saturated heterocycles. The van der Waals surface area contributed by atoms with E-state index in [9.17, 15) is 13.4 Å². The maximum atomic E-state index is 14.1. The normalized spacial score (nSPS) is 15.0. The van der Waals surface area contributed by atoms with Gasteiger partial charge in [0.1, 0.15) is 18.0 Å². The van der Waals surface area contributed by atoms with Crippen molar-refractivity contribution in [1.29, 1.82) is 0 Å². The lowest BCUT2D eigenvalue weighted by Gasteiger charge is -2.37. The number of anilines is 1. The fourth-order valence-corrected chi connectivity index (χ4v) is 4.61. The Morgan fingerprint density at radius 3 is 2.56 bits per heavy atom. The Kier molecular flexibility index (Phi) is 6.06. The topological polar surface area (TPSA) is 84.2 Å². The number of carbonyl (C=O) groups excluding carboxylic acids is 1. The summed E-state index contributed by atoms with van der Waals surface area (Å²) in [4.78, 5) is 29.6. The van der Waals surface area contributed by atoms with Crippen molar-refractivity contribution in [2.24, 2.45) is 0 Å². The Labute approximate surface area is 198 Å². The molecule has 0 aliphatic carbocycles. The largest absolute Gasteiger partial charge is 0.367 e. The standard InChI is InChI=1S/C24H23FN6O2S/c1-34(33)24-27-14-18(15-28-24)20-13-19(25)4-5-21(20)29-9-11-30(12-10-29)22(32)16-31-8-6-17-3-2-7-26-23(17)31/h2-8,13-15H,9-12,16H2,1H3. The molecule has 1 aliphatic heterocycles. The Bertz CT molecular complexity index is 1370. The first kappa shape index (κ1) is 22.1. The molecule has 0 spiro atoms. The maximum absolute atomic E-state index is 14.1. The number of halogens is 1. The molecule has 1 atom stereocenters. The number of hydrogen-bond acceptors (Lipinski definition) is 6. The number of benzene rings is 1. The summed E-state index contributed by atoms with van der Waals surface area (Å²) in [7, 11) is -1.29. The summed E-state index contributed by atoms with van der Waals surface area (Å²) < 4.78 is 27.6. The third-order valence-corrected chi connectivity index (χ3v) is 6.68. The van der Waals surface area contributed by atoms with Gasteiger partial charge in [-0.05, 0) is 36.4 Å².